The lowest BCUT2D eigenvalue weighted by molar-refractivity contribution is -0.148. The van der Waals surface area contributed by atoms with E-state index in [9.17, 15) is 19.8 Å². The molecule has 2 atom stereocenters. The second-order valence-corrected chi connectivity index (χ2v) is 5.63. The van der Waals surface area contributed by atoms with E-state index in [0.29, 0.717) is 6.61 Å². The fourth-order valence-electron chi connectivity index (χ4n) is 2.89. The van der Waals surface area contributed by atoms with Crippen molar-refractivity contribution in [3.63, 3.8) is 0 Å². The maximum Gasteiger partial charge on any atom is 0.408 e. The normalized spacial score (nSPS) is 24.2. The van der Waals surface area contributed by atoms with E-state index in [1.54, 1.807) is 19.1 Å². The Morgan fingerprint density at radius 1 is 1.35 bits per heavy atom. The Balaban J connectivity index is 2.13. The number of likely N-dealkylation sites (tertiary alicyclic amines) is 1. The summed E-state index contributed by atoms with van der Waals surface area (Å²) in [6, 6.07) is 9.51. The lowest BCUT2D eigenvalue weighted by Crippen LogP contribution is -2.52. The van der Waals surface area contributed by atoms with Crippen LogP contribution in [0.5, 0.6) is 0 Å². The highest BCUT2D eigenvalue weighted by molar-refractivity contribution is 5.85. The molecular weight excluding hydrogens is 298 g/mol. The van der Waals surface area contributed by atoms with Gasteiger partial charge < -0.3 is 14.9 Å². The van der Waals surface area contributed by atoms with Crippen molar-refractivity contribution >= 4 is 12.1 Å². The number of amides is 1. The molecule has 1 fully saturated rings. The molecule has 1 aliphatic heterocycles. The Labute approximate surface area is 135 Å². The molecule has 0 aromatic heterocycles. The topological polar surface area (TPSA) is 87.1 Å². The summed E-state index contributed by atoms with van der Waals surface area (Å²) in [7, 11) is 0. The van der Waals surface area contributed by atoms with Crippen molar-refractivity contribution in [2.24, 2.45) is 0 Å². The Bertz CT molecular complexity index is 586. The smallest absolute Gasteiger partial charge is 0.408 e. The molecule has 1 aromatic carbocycles. The van der Waals surface area contributed by atoms with Crippen LogP contribution in [0.4, 0.5) is 4.79 Å². The third-order valence-corrected chi connectivity index (χ3v) is 4.12. The summed E-state index contributed by atoms with van der Waals surface area (Å²) in [5.41, 5.74) is -0.490. The number of hydrogen-bond acceptors (Lipinski definition) is 3. The van der Waals surface area contributed by atoms with E-state index in [1.807, 2.05) is 30.3 Å². The van der Waals surface area contributed by atoms with Gasteiger partial charge in [-0.05, 0) is 18.9 Å². The average molecular weight is 319 g/mol. The van der Waals surface area contributed by atoms with Crippen LogP contribution in [0.15, 0.2) is 42.5 Å². The molecular formula is C17H21NO5. The Kier molecular flexibility index (Phi) is 5.39. The van der Waals surface area contributed by atoms with Gasteiger partial charge in [-0.15, -0.1) is 0 Å². The molecule has 6 heteroatoms. The number of rotatable bonds is 6. The van der Waals surface area contributed by atoms with Crippen LogP contribution >= 0.6 is 0 Å². The zero-order chi connectivity index (χ0) is 16.9. The van der Waals surface area contributed by atoms with Crippen molar-refractivity contribution in [2.45, 2.75) is 38.0 Å². The van der Waals surface area contributed by atoms with Crippen molar-refractivity contribution in [2.75, 3.05) is 6.54 Å². The highest BCUT2D eigenvalue weighted by atomic mass is 16.5. The van der Waals surface area contributed by atoms with E-state index in [4.69, 9.17) is 4.74 Å². The van der Waals surface area contributed by atoms with E-state index in [-0.39, 0.29) is 19.4 Å². The van der Waals surface area contributed by atoms with Crippen molar-refractivity contribution in [1.82, 2.24) is 4.90 Å². The third kappa shape index (κ3) is 3.71. The van der Waals surface area contributed by atoms with Gasteiger partial charge in [0.05, 0.1) is 19.3 Å². The summed E-state index contributed by atoms with van der Waals surface area (Å²) in [5.74, 6) is -1.14. The van der Waals surface area contributed by atoms with Gasteiger partial charge in [0.25, 0.3) is 0 Å². The quantitative estimate of drug-likeness (QED) is 0.787. The fourth-order valence-corrected chi connectivity index (χ4v) is 2.89. The van der Waals surface area contributed by atoms with Crippen LogP contribution in [-0.2, 0) is 16.1 Å². The molecule has 2 N–H and O–H groups in total. The zero-order valence-electron chi connectivity index (χ0n) is 13.0. The van der Waals surface area contributed by atoms with Gasteiger partial charge >= 0.3 is 12.1 Å². The molecule has 0 aliphatic carbocycles. The first-order valence-electron chi connectivity index (χ1n) is 7.50. The summed E-state index contributed by atoms with van der Waals surface area (Å²) in [5, 5.41) is 19.0. The van der Waals surface area contributed by atoms with Crippen molar-refractivity contribution < 1.29 is 24.5 Å². The first kappa shape index (κ1) is 17.0. The molecule has 124 valence electrons. The van der Waals surface area contributed by atoms with Crippen molar-refractivity contribution in [3.8, 4) is 0 Å². The lowest BCUT2D eigenvalue weighted by Gasteiger charge is -2.31. The standard InChI is InChI=1S/C17H21NO5/c1-2-3-9-17(15(19)20)10-14(11-18(17)16(21)22)23-12-13-7-5-4-6-8-13/h2-8,14H,9-12H2,1H3,(H,19,20)(H,21,22)/t14-,17?/m0/s1. The maximum absolute atomic E-state index is 11.8. The van der Waals surface area contributed by atoms with Gasteiger partial charge in [0.15, 0.2) is 0 Å². The summed E-state index contributed by atoms with van der Waals surface area (Å²) in [4.78, 5) is 24.2. The Morgan fingerprint density at radius 3 is 2.61 bits per heavy atom. The lowest BCUT2D eigenvalue weighted by atomic mass is 9.91. The molecule has 0 saturated carbocycles. The van der Waals surface area contributed by atoms with Crippen molar-refractivity contribution in [3.05, 3.63) is 48.0 Å². The number of carboxylic acids is 1. The van der Waals surface area contributed by atoms with Gasteiger partial charge in [0.2, 0.25) is 0 Å². The summed E-state index contributed by atoms with van der Waals surface area (Å²) < 4.78 is 5.76. The van der Waals surface area contributed by atoms with Crippen LogP contribution in [0.3, 0.4) is 0 Å². The number of nitrogens with zero attached hydrogens (tertiary/aromatic N) is 1. The summed E-state index contributed by atoms with van der Waals surface area (Å²) >= 11 is 0. The first-order valence-corrected chi connectivity index (χ1v) is 7.50. The Morgan fingerprint density at radius 2 is 2.04 bits per heavy atom. The van der Waals surface area contributed by atoms with Gasteiger partial charge in [-0.1, -0.05) is 42.5 Å². The molecule has 6 nitrogen and oxygen atoms in total. The molecule has 2 rings (SSSR count). The van der Waals surface area contributed by atoms with Crippen LogP contribution in [0, 0.1) is 0 Å². The molecule has 0 bridgehead atoms. The van der Waals surface area contributed by atoms with Crippen LogP contribution < -0.4 is 0 Å². The minimum atomic E-state index is -1.46. The SMILES string of the molecule is CC=CCC1(C(=O)O)C[C@H](OCc2ccccc2)CN1C(=O)O. The number of carbonyl (C=O) groups is 2. The predicted molar refractivity (Wildman–Crippen MR) is 84.2 cm³/mol. The molecule has 0 radical (unpaired) electrons. The first-order chi connectivity index (χ1) is 11.0. The second-order valence-electron chi connectivity index (χ2n) is 5.63. The van der Waals surface area contributed by atoms with E-state index >= 15 is 0 Å². The average Bonchev–Trinajstić information content (AvgIpc) is 2.92. The molecule has 1 aromatic rings. The van der Waals surface area contributed by atoms with Gasteiger partial charge in [0.1, 0.15) is 5.54 Å². The number of carboxylic acid groups (broad SMARTS) is 2. The highest BCUT2D eigenvalue weighted by Gasteiger charge is 2.53. The largest absolute Gasteiger partial charge is 0.479 e. The zero-order valence-corrected chi connectivity index (χ0v) is 13.0. The van der Waals surface area contributed by atoms with Crippen molar-refractivity contribution in [1.29, 1.82) is 0 Å². The van der Waals surface area contributed by atoms with Crippen LogP contribution in [0.25, 0.3) is 0 Å². The van der Waals surface area contributed by atoms with Gasteiger partial charge in [-0.2, -0.15) is 0 Å². The van der Waals surface area contributed by atoms with E-state index < -0.39 is 23.7 Å². The maximum atomic E-state index is 11.8. The molecule has 1 saturated heterocycles. The second kappa shape index (κ2) is 7.28. The number of benzene rings is 1. The fraction of sp³-hybridized carbons (Fsp3) is 0.412. The molecule has 23 heavy (non-hydrogen) atoms. The molecule has 1 heterocycles. The monoisotopic (exact) mass is 319 g/mol. The minimum Gasteiger partial charge on any atom is -0.479 e. The van der Waals surface area contributed by atoms with Gasteiger partial charge in [-0.3, -0.25) is 4.90 Å². The van der Waals surface area contributed by atoms with Gasteiger partial charge in [-0.25, -0.2) is 9.59 Å². The molecule has 1 unspecified atom stereocenters. The summed E-state index contributed by atoms with van der Waals surface area (Å²) in [6.07, 6.45) is 2.02. The van der Waals surface area contributed by atoms with Crippen LogP contribution in [0.1, 0.15) is 25.3 Å². The number of allylic oxidation sites excluding steroid dienone is 1. The summed E-state index contributed by atoms with van der Waals surface area (Å²) in [6.45, 7) is 2.17. The molecule has 0 spiro atoms. The van der Waals surface area contributed by atoms with Crippen LogP contribution in [-0.4, -0.2) is 45.4 Å². The molecule has 1 amide bonds. The van der Waals surface area contributed by atoms with E-state index in [1.165, 1.54) is 0 Å². The number of aliphatic carboxylic acids is 1. The number of ether oxygens (including phenoxy) is 1. The molecule has 1 aliphatic rings. The van der Waals surface area contributed by atoms with Gasteiger partial charge in [0, 0.05) is 6.42 Å². The highest BCUT2D eigenvalue weighted by Crippen LogP contribution is 2.35. The minimum absolute atomic E-state index is 0.0615. The van der Waals surface area contributed by atoms with Crippen LogP contribution in [0.2, 0.25) is 0 Å². The predicted octanol–water partition coefficient (Wildman–Crippen LogP) is 2.75. The van der Waals surface area contributed by atoms with E-state index in [0.717, 1.165) is 10.5 Å². The Hall–Kier alpha value is -2.34. The third-order valence-electron chi connectivity index (χ3n) is 4.12. The number of hydrogen-bond donors (Lipinski definition) is 2. The van der Waals surface area contributed by atoms with E-state index in [2.05, 4.69) is 0 Å².